The maximum atomic E-state index is 12.6. The molecule has 2 unspecified atom stereocenters. The number of carbonyl (C=O) groups is 1. The monoisotopic (exact) mass is 299 g/mol. The van der Waals surface area contributed by atoms with E-state index < -0.39 is 0 Å². The standard InChI is InChI=1S/C18H21NO3/c20-17-5-4-13-3-1-2-7-18(13)14-10-16-15(21-11-22-16)9-12(14)6-8-19(17)18/h9-10,13H,1-8,11H2. The smallest absolute Gasteiger partial charge is 0.231 e. The number of benzene rings is 1. The number of carbonyl (C=O) groups excluding carboxylic acids is 1. The van der Waals surface area contributed by atoms with Gasteiger partial charge in [-0.3, -0.25) is 4.79 Å². The molecule has 0 aromatic heterocycles. The molecular weight excluding hydrogens is 278 g/mol. The SMILES string of the molecule is O=C1CCC2CCCCC23c2cc4c(cc2CCN13)OCO4. The zero-order valence-corrected chi connectivity index (χ0v) is 12.8. The lowest BCUT2D eigenvalue weighted by Gasteiger charge is -2.57. The summed E-state index contributed by atoms with van der Waals surface area (Å²) < 4.78 is 11.2. The van der Waals surface area contributed by atoms with E-state index in [9.17, 15) is 4.79 Å². The van der Waals surface area contributed by atoms with Crippen LogP contribution in [-0.4, -0.2) is 24.1 Å². The summed E-state index contributed by atoms with van der Waals surface area (Å²) in [4.78, 5) is 14.8. The van der Waals surface area contributed by atoms with Crippen LogP contribution < -0.4 is 9.47 Å². The summed E-state index contributed by atoms with van der Waals surface area (Å²) in [7, 11) is 0. The Morgan fingerprint density at radius 1 is 1.09 bits per heavy atom. The predicted octanol–water partition coefficient (Wildman–Crippen LogP) is 2.98. The van der Waals surface area contributed by atoms with Gasteiger partial charge in [-0.2, -0.15) is 0 Å². The first kappa shape index (κ1) is 12.8. The van der Waals surface area contributed by atoms with Crippen LogP contribution in [0.25, 0.3) is 0 Å². The fraction of sp³-hybridized carbons (Fsp3) is 0.611. The van der Waals surface area contributed by atoms with E-state index in [4.69, 9.17) is 9.47 Å². The van der Waals surface area contributed by atoms with Crippen molar-refractivity contribution in [2.24, 2.45) is 5.92 Å². The molecular formula is C18H21NO3. The molecule has 2 atom stereocenters. The van der Waals surface area contributed by atoms with Crippen molar-refractivity contribution in [3.05, 3.63) is 23.3 Å². The average molecular weight is 299 g/mol. The Morgan fingerprint density at radius 2 is 1.95 bits per heavy atom. The minimum absolute atomic E-state index is 0.0673. The highest BCUT2D eigenvalue weighted by Gasteiger charge is 2.53. The topological polar surface area (TPSA) is 38.8 Å². The van der Waals surface area contributed by atoms with Crippen molar-refractivity contribution in [1.82, 2.24) is 4.90 Å². The molecule has 22 heavy (non-hydrogen) atoms. The second kappa shape index (κ2) is 4.40. The number of hydrogen-bond donors (Lipinski definition) is 0. The molecule has 116 valence electrons. The molecule has 0 radical (unpaired) electrons. The highest BCUT2D eigenvalue weighted by molar-refractivity contribution is 5.79. The number of amides is 1. The van der Waals surface area contributed by atoms with Crippen molar-refractivity contribution in [3.8, 4) is 11.5 Å². The number of rotatable bonds is 0. The second-order valence-corrected chi connectivity index (χ2v) is 7.06. The third-order valence-electron chi connectivity index (χ3n) is 6.19. The third kappa shape index (κ3) is 1.50. The van der Waals surface area contributed by atoms with E-state index in [0.29, 0.717) is 18.6 Å². The minimum Gasteiger partial charge on any atom is -0.454 e. The van der Waals surface area contributed by atoms with Crippen molar-refractivity contribution in [3.63, 3.8) is 0 Å². The second-order valence-electron chi connectivity index (χ2n) is 7.06. The Morgan fingerprint density at radius 3 is 2.86 bits per heavy atom. The lowest BCUT2D eigenvalue weighted by molar-refractivity contribution is -0.152. The van der Waals surface area contributed by atoms with Gasteiger partial charge in [-0.15, -0.1) is 0 Å². The van der Waals surface area contributed by atoms with Crippen molar-refractivity contribution >= 4 is 5.91 Å². The van der Waals surface area contributed by atoms with E-state index in [1.54, 1.807) is 0 Å². The normalized spacial score (nSPS) is 32.3. The largest absolute Gasteiger partial charge is 0.454 e. The van der Waals surface area contributed by atoms with Crippen LogP contribution in [0.5, 0.6) is 11.5 Å². The Bertz CT molecular complexity index is 656. The summed E-state index contributed by atoms with van der Waals surface area (Å²) in [6.45, 7) is 1.18. The minimum atomic E-state index is -0.0673. The lowest BCUT2D eigenvalue weighted by atomic mass is 9.61. The first-order valence-electron chi connectivity index (χ1n) is 8.52. The first-order valence-corrected chi connectivity index (χ1v) is 8.52. The van der Waals surface area contributed by atoms with Crippen LogP contribution in [0.15, 0.2) is 12.1 Å². The van der Waals surface area contributed by atoms with E-state index in [1.165, 1.54) is 30.4 Å². The van der Waals surface area contributed by atoms with Crippen LogP contribution >= 0.6 is 0 Å². The average Bonchev–Trinajstić information content (AvgIpc) is 3.00. The summed E-state index contributed by atoms with van der Waals surface area (Å²) in [6.07, 6.45) is 7.58. The molecule has 4 aliphatic rings. The highest BCUT2D eigenvalue weighted by Crippen LogP contribution is 2.55. The van der Waals surface area contributed by atoms with Gasteiger partial charge < -0.3 is 14.4 Å². The molecule has 4 nitrogen and oxygen atoms in total. The molecule has 4 heteroatoms. The summed E-state index contributed by atoms with van der Waals surface area (Å²) in [5.41, 5.74) is 2.64. The third-order valence-corrected chi connectivity index (χ3v) is 6.19. The zero-order chi connectivity index (χ0) is 14.7. The molecule has 3 aliphatic heterocycles. The van der Waals surface area contributed by atoms with Gasteiger partial charge in [-0.05, 0) is 54.9 Å². The van der Waals surface area contributed by atoms with Crippen LogP contribution in [0, 0.1) is 5.92 Å². The molecule has 1 aliphatic carbocycles. The number of nitrogens with zero attached hydrogens (tertiary/aromatic N) is 1. The fourth-order valence-electron chi connectivity index (χ4n) is 5.27. The summed E-state index contributed by atoms with van der Waals surface area (Å²) in [5.74, 6) is 2.69. The van der Waals surface area contributed by atoms with Crippen LogP contribution in [-0.2, 0) is 16.8 Å². The number of fused-ring (bicyclic) bond motifs is 2. The molecule has 1 amide bonds. The zero-order valence-electron chi connectivity index (χ0n) is 12.8. The van der Waals surface area contributed by atoms with Crippen LogP contribution in [0.4, 0.5) is 0 Å². The van der Waals surface area contributed by atoms with Gasteiger partial charge in [0.25, 0.3) is 0 Å². The quantitative estimate of drug-likeness (QED) is 0.739. The van der Waals surface area contributed by atoms with Crippen LogP contribution in [0.3, 0.4) is 0 Å². The van der Waals surface area contributed by atoms with Crippen molar-refractivity contribution in [2.45, 2.75) is 50.5 Å². The van der Waals surface area contributed by atoms with Gasteiger partial charge >= 0.3 is 0 Å². The van der Waals surface area contributed by atoms with Gasteiger partial charge in [0.15, 0.2) is 11.5 Å². The first-order chi connectivity index (χ1) is 10.8. The Hall–Kier alpha value is -1.71. The molecule has 1 saturated heterocycles. The molecule has 0 N–H and O–H groups in total. The Kier molecular flexibility index (Phi) is 2.56. The number of ether oxygens (including phenoxy) is 2. The maximum absolute atomic E-state index is 12.6. The van der Waals surface area contributed by atoms with Gasteiger partial charge in [-0.25, -0.2) is 0 Å². The summed E-state index contributed by atoms with van der Waals surface area (Å²) in [5, 5.41) is 0. The molecule has 0 bridgehead atoms. The highest BCUT2D eigenvalue weighted by atomic mass is 16.7. The number of hydrogen-bond acceptors (Lipinski definition) is 3. The molecule has 1 saturated carbocycles. The van der Waals surface area contributed by atoms with E-state index >= 15 is 0 Å². The molecule has 5 rings (SSSR count). The van der Waals surface area contributed by atoms with Gasteiger partial charge in [-0.1, -0.05) is 12.8 Å². The van der Waals surface area contributed by atoms with Crippen LogP contribution in [0.1, 0.15) is 49.7 Å². The molecule has 1 aromatic rings. The Labute approximate surface area is 130 Å². The van der Waals surface area contributed by atoms with Crippen LogP contribution in [0.2, 0.25) is 0 Å². The van der Waals surface area contributed by atoms with Crippen molar-refractivity contribution in [2.75, 3.05) is 13.3 Å². The molecule has 3 heterocycles. The van der Waals surface area contributed by atoms with Gasteiger partial charge in [0.05, 0.1) is 5.54 Å². The molecule has 1 spiro atoms. The maximum Gasteiger partial charge on any atom is 0.231 e. The fourth-order valence-corrected chi connectivity index (χ4v) is 5.27. The number of piperidine rings is 1. The summed E-state index contributed by atoms with van der Waals surface area (Å²) in [6, 6.07) is 4.34. The van der Waals surface area contributed by atoms with E-state index in [1.807, 2.05) is 0 Å². The Balaban J connectivity index is 1.72. The predicted molar refractivity (Wildman–Crippen MR) is 80.9 cm³/mol. The molecule has 1 aromatic carbocycles. The van der Waals surface area contributed by atoms with Gasteiger partial charge in [0.2, 0.25) is 12.7 Å². The van der Waals surface area contributed by atoms with Gasteiger partial charge in [0.1, 0.15) is 0 Å². The van der Waals surface area contributed by atoms with Crippen molar-refractivity contribution in [1.29, 1.82) is 0 Å². The van der Waals surface area contributed by atoms with Gasteiger partial charge in [0, 0.05) is 13.0 Å². The van der Waals surface area contributed by atoms with E-state index in [0.717, 1.165) is 43.7 Å². The van der Waals surface area contributed by atoms with Crippen molar-refractivity contribution < 1.29 is 14.3 Å². The van der Waals surface area contributed by atoms with E-state index in [-0.39, 0.29) is 5.54 Å². The summed E-state index contributed by atoms with van der Waals surface area (Å²) >= 11 is 0. The molecule has 2 fully saturated rings. The lowest BCUT2D eigenvalue weighted by Crippen LogP contribution is -2.61. The van der Waals surface area contributed by atoms with E-state index in [2.05, 4.69) is 17.0 Å².